The predicted molar refractivity (Wildman–Crippen MR) is 43.0 cm³/mol. The second kappa shape index (κ2) is 7.75. The van der Waals surface area contributed by atoms with Gasteiger partial charge in [-0.3, -0.25) is 4.79 Å². The van der Waals surface area contributed by atoms with Crippen molar-refractivity contribution >= 4 is 5.91 Å². The highest BCUT2D eigenvalue weighted by Gasteiger charge is 1.90. The van der Waals surface area contributed by atoms with Crippen molar-refractivity contribution in [1.29, 1.82) is 0 Å². The van der Waals surface area contributed by atoms with Crippen molar-refractivity contribution in [3.63, 3.8) is 0 Å². The molecule has 0 aromatic rings. The lowest BCUT2D eigenvalue weighted by atomic mass is 10.6. The number of hydrogen-bond donors (Lipinski definition) is 1. The topological polar surface area (TPSA) is 46.3 Å². The summed E-state index contributed by atoms with van der Waals surface area (Å²) in [5, 5.41) is 0. The number of amides is 1. The summed E-state index contributed by atoms with van der Waals surface area (Å²) in [6.45, 7) is 8.01. The Bertz CT molecular complexity index is 121. The molecule has 0 aliphatic heterocycles. The molecule has 0 spiro atoms. The van der Waals surface area contributed by atoms with Gasteiger partial charge >= 0.3 is 0 Å². The highest BCUT2D eigenvalue weighted by Crippen LogP contribution is 1.79. The lowest BCUT2D eigenvalue weighted by molar-refractivity contribution is -0.125. The molecule has 1 amide bonds. The molecule has 0 aromatic heterocycles. The Balaban J connectivity index is 0. The number of nitrogens with two attached hydrogens (primary N) is 1. The molecular weight excluding hydrogens is 128 g/mol. The maximum atomic E-state index is 10.2. The number of carbonyl (C=O) groups is 1. The van der Waals surface area contributed by atoms with Crippen LogP contribution in [0.4, 0.5) is 0 Å². The second-order valence-corrected chi connectivity index (χ2v) is 1.55. The molecule has 0 aliphatic rings. The third-order valence-electron chi connectivity index (χ3n) is 0.771. The fourth-order valence-corrected chi connectivity index (χ4v) is 0.129. The van der Waals surface area contributed by atoms with E-state index in [-0.39, 0.29) is 5.91 Å². The van der Waals surface area contributed by atoms with Crippen molar-refractivity contribution in [3.05, 3.63) is 25.6 Å². The Kier molecular flexibility index (Phi) is 8.94. The number of nitrogens with zero attached hydrogens (tertiary/aromatic N) is 1. The summed E-state index contributed by atoms with van der Waals surface area (Å²) < 4.78 is 0. The highest BCUT2D eigenvalue weighted by molar-refractivity contribution is 5.73. The maximum Gasteiger partial charge on any atom is 0.223 e. The van der Waals surface area contributed by atoms with E-state index in [0.29, 0.717) is 0 Å². The van der Waals surface area contributed by atoms with Crippen molar-refractivity contribution in [2.45, 2.75) is 6.92 Å². The van der Waals surface area contributed by atoms with Crippen molar-refractivity contribution in [3.8, 4) is 0 Å². The van der Waals surface area contributed by atoms with Crippen molar-refractivity contribution < 1.29 is 4.79 Å². The van der Waals surface area contributed by atoms with Crippen LogP contribution < -0.4 is 5.73 Å². The molecule has 3 heteroatoms. The molecule has 58 valence electrons. The molecule has 0 bridgehead atoms. The Labute approximate surface area is 61.8 Å². The molecule has 0 rings (SSSR count). The van der Waals surface area contributed by atoms with Gasteiger partial charge in [0.15, 0.2) is 0 Å². The zero-order valence-electron chi connectivity index (χ0n) is 6.50. The van der Waals surface area contributed by atoms with E-state index in [9.17, 15) is 4.79 Å². The van der Waals surface area contributed by atoms with E-state index in [0.717, 1.165) is 0 Å². The van der Waals surface area contributed by atoms with Gasteiger partial charge in [0.25, 0.3) is 0 Å². The summed E-state index contributed by atoms with van der Waals surface area (Å²) in [6.07, 6.45) is 2.72. The Morgan fingerprint density at radius 1 is 1.60 bits per heavy atom. The van der Waals surface area contributed by atoms with Gasteiger partial charge in [0.1, 0.15) is 0 Å². The van der Waals surface area contributed by atoms with Gasteiger partial charge in [-0.05, 0) is 12.4 Å². The van der Waals surface area contributed by atoms with Crippen molar-refractivity contribution in [2.24, 2.45) is 5.73 Å². The Hall–Kier alpha value is -1.25. The zero-order valence-corrected chi connectivity index (χ0v) is 6.50. The van der Waals surface area contributed by atoms with E-state index in [4.69, 9.17) is 0 Å². The van der Waals surface area contributed by atoms with Gasteiger partial charge in [0.05, 0.1) is 0 Å². The van der Waals surface area contributed by atoms with Crippen LogP contribution in [-0.2, 0) is 4.79 Å². The minimum Gasteiger partial charge on any atom is -0.405 e. The molecular formula is C7H14N2O. The van der Waals surface area contributed by atoms with E-state index in [1.165, 1.54) is 24.2 Å². The van der Waals surface area contributed by atoms with E-state index in [1.807, 2.05) is 0 Å². The van der Waals surface area contributed by atoms with Crippen LogP contribution in [0.1, 0.15) is 6.92 Å². The lowest BCUT2D eigenvalue weighted by Gasteiger charge is -2.04. The maximum absolute atomic E-state index is 10.2. The molecule has 10 heavy (non-hydrogen) atoms. The van der Waals surface area contributed by atoms with Gasteiger partial charge in [-0.2, -0.15) is 0 Å². The van der Waals surface area contributed by atoms with E-state index in [2.05, 4.69) is 18.9 Å². The summed E-state index contributed by atoms with van der Waals surface area (Å²) in [6, 6.07) is 0. The largest absolute Gasteiger partial charge is 0.405 e. The first kappa shape index (κ1) is 11.5. The minimum absolute atomic E-state index is 0.00926. The monoisotopic (exact) mass is 142 g/mol. The van der Waals surface area contributed by atoms with Crippen LogP contribution in [0.25, 0.3) is 0 Å². The third kappa shape index (κ3) is 9.89. The first-order chi connectivity index (χ1) is 4.59. The Morgan fingerprint density at radius 2 is 1.90 bits per heavy atom. The first-order valence-corrected chi connectivity index (χ1v) is 2.78. The van der Waals surface area contributed by atoms with Gasteiger partial charge in [0.2, 0.25) is 5.91 Å². The molecule has 0 saturated carbocycles. The summed E-state index contributed by atoms with van der Waals surface area (Å²) in [5.41, 5.74) is 4.61. The Morgan fingerprint density at radius 3 is 1.90 bits per heavy atom. The predicted octanol–water partition coefficient (Wildman–Crippen LogP) is 0.697. The van der Waals surface area contributed by atoms with Crippen LogP contribution >= 0.6 is 0 Å². The second-order valence-electron chi connectivity index (χ2n) is 1.55. The van der Waals surface area contributed by atoms with Gasteiger partial charge < -0.3 is 10.6 Å². The van der Waals surface area contributed by atoms with Crippen LogP contribution in [-0.4, -0.2) is 17.9 Å². The van der Waals surface area contributed by atoms with Crippen molar-refractivity contribution in [1.82, 2.24) is 4.90 Å². The van der Waals surface area contributed by atoms with Crippen LogP contribution in [0.3, 0.4) is 0 Å². The molecule has 3 nitrogen and oxygen atoms in total. The molecule has 2 N–H and O–H groups in total. The van der Waals surface area contributed by atoms with Crippen LogP contribution in [0.2, 0.25) is 0 Å². The zero-order chi connectivity index (χ0) is 8.57. The molecule has 0 fully saturated rings. The fourth-order valence-electron chi connectivity index (χ4n) is 0.129. The van der Waals surface area contributed by atoms with Crippen molar-refractivity contribution in [2.75, 3.05) is 7.05 Å². The van der Waals surface area contributed by atoms with Crippen LogP contribution in [0, 0.1) is 0 Å². The molecule has 0 unspecified atom stereocenters. The summed E-state index contributed by atoms with van der Waals surface area (Å²) in [4.78, 5) is 11.6. The van der Waals surface area contributed by atoms with E-state index in [1.54, 1.807) is 7.05 Å². The van der Waals surface area contributed by atoms with Gasteiger partial charge in [-0.1, -0.05) is 13.2 Å². The normalized spacial score (nSPS) is 6.60. The molecule has 0 heterocycles. The van der Waals surface area contributed by atoms with Crippen LogP contribution in [0.5, 0.6) is 0 Å². The van der Waals surface area contributed by atoms with Gasteiger partial charge in [-0.25, -0.2) is 0 Å². The standard InChI is InChI=1S/C5H9NO.C2H5N/c1-4-6(3)5(2)7;1-2-3/h4H,1H2,2-3H3;2H,1,3H2. The summed E-state index contributed by atoms with van der Waals surface area (Å²) >= 11 is 0. The molecule has 0 saturated heterocycles. The lowest BCUT2D eigenvalue weighted by Crippen LogP contribution is -2.15. The van der Waals surface area contributed by atoms with Crippen LogP contribution in [0.15, 0.2) is 25.6 Å². The molecule has 0 radical (unpaired) electrons. The third-order valence-corrected chi connectivity index (χ3v) is 0.771. The fraction of sp³-hybridized carbons (Fsp3) is 0.286. The molecule has 0 atom stereocenters. The summed E-state index contributed by atoms with van der Waals surface area (Å²) in [5.74, 6) is 0.00926. The summed E-state index contributed by atoms with van der Waals surface area (Å²) in [7, 11) is 1.66. The van der Waals surface area contributed by atoms with Gasteiger partial charge in [-0.15, -0.1) is 0 Å². The smallest absolute Gasteiger partial charge is 0.223 e. The average Bonchev–Trinajstić information content (AvgIpc) is 1.88. The first-order valence-electron chi connectivity index (χ1n) is 2.78. The minimum atomic E-state index is 0.00926. The number of carbonyl (C=O) groups excluding carboxylic acids is 1. The molecule has 0 aliphatic carbocycles. The average molecular weight is 142 g/mol. The number of rotatable bonds is 1. The van der Waals surface area contributed by atoms with E-state index < -0.39 is 0 Å². The highest BCUT2D eigenvalue weighted by atomic mass is 16.2. The van der Waals surface area contributed by atoms with Gasteiger partial charge in [0, 0.05) is 14.0 Å². The van der Waals surface area contributed by atoms with E-state index >= 15 is 0 Å². The SMILES string of the molecule is C=CN.C=CN(C)C(C)=O. The number of hydrogen-bond acceptors (Lipinski definition) is 2. The quantitative estimate of drug-likeness (QED) is 0.585. The molecule has 0 aromatic carbocycles.